The Morgan fingerprint density at radius 2 is 2.05 bits per heavy atom. The van der Waals surface area contributed by atoms with Crippen LogP contribution in [0.5, 0.6) is 5.75 Å². The second-order valence-electron chi connectivity index (χ2n) is 4.83. The lowest BCUT2D eigenvalue weighted by Crippen LogP contribution is -2.22. The molecule has 0 amide bonds. The molecule has 0 saturated heterocycles. The maximum Gasteiger partial charge on any atom is 0.303 e. The summed E-state index contributed by atoms with van der Waals surface area (Å²) >= 11 is 0. The normalized spacial score (nSPS) is 10.9. The number of carboxylic acids is 1. The van der Waals surface area contributed by atoms with Crippen molar-refractivity contribution in [3.8, 4) is 5.75 Å². The lowest BCUT2D eigenvalue weighted by Gasteiger charge is -2.20. The van der Waals surface area contributed by atoms with Gasteiger partial charge in [0.2, 0.25) is 5.43 Å². The van der Waals surface area contributed by atoms with Crippen LogP contribution in [0.3, 0.4) is 0 Å². The van der Waals surface area contributed by atoms with E-state index in [1.807, 2.05) is 19.0 Å². The molecule has 106 valence electrons. The van der Waals surface area contributed by atoms with Gasteiger partial charge in [-0.3, -0.25) is 9.59 Å². The van der Waals surface area contributed by atoms with Crippen LogP contribution in [-0.4, -0.2) is 39.7 Å². The van der Waals surface area contributed by atoms with Crippen LogP contribution in [0, 0.1) is 6.92 Å². The van der Waals surface area contributed by atoms with Crippen molar-refractivity contribution in [2.45, 2.75) is 32.9 Å². The standard InChI is InChI=1S/C13H20N2O4/c1-9-7-11(16)13(19)10(8-14(2)3)15(9)6-4-5-12(17)18/h7,19H,4-6,8H2,1-3H3,(H,17,18). The van der Waals surface area contributed by atoms with Crippen LogP contribution in [0.4, 0.5) is 0 Å². The summed E-state index contributed by atoms with van der Waals surface area (Å²) in [6, 6.07) is 1.37. The van der Waals surface area contributed by atoms with Crippen molar-refractivity contribution in [2.24, 2.45) is 0 Å². The van der Waals surface area contributed by atoms with Gasteiger partial charge in [0.05, 0.1) is 5.69 Å². The largest absolute Gasteiger partial charge is 0.503 e. The molecule has 1 aromatic rings. The van der Waals surface area contributed by atoms with E-state index in [9.17, 15) is 14.7 Å². The van der Waals surface area contributed by atoms with Crippen LogP contribution in [0.1, 0.15) is 24.2 Å². The molecule has 6 heteroatoms. The van der Waals surface area contributed by atoms with Gasteiger partial charge in [-0.15, -0.1) is 0 Å². The Morgan fingerprint density at radius 3 is 2.58 bits per heavy atom. The third kappa shape index (κ3) is 4.10. The Labute approximate surface area is 111 Å². The third-order valence-corrected chi connectivity index (χ3v) is 2.84. The van der Waals surface area contributed by atoms with Gasteiger partial charge >= 0.3 is 5.97 Å². The van der Waals surface area contributed by atoms with Gasteiger partial charge in [0.1, 0.15) is 0 Å². The van der Waals surface area contributed by atoms with Gasteiger partial charge in [-0.05, 0) is 27.4 Å². The SMILES string of the molecule is Cc1cc(=O)c(O)c(CN(C)C)n1CCCC(=O)O. The first-order chi connectivity index (χ1) is 8.82. The third-order valence-electron chi connectivity index (χ3n) is 2.84. The van der Waals surface area contributed by atoms with Crippen LogP contribution in [-0.2, 0) is 17.9 Å². The van der Waals surface area contributed by atoms with Crippen molar-refractivity contribution in [1.29, 1.82) is 0 Å². The monoisotopic (exact) mass is 268 g/mol. The van der Waals surface area contributed by atoms with Gasteiger partial charge in [-0.1, -0.05) is 0 Å². The van der Waals surface area contributed by atoms with Crippen molar-refractivity contribution >= 4 is 5.97 Å². The Hall–Kier alpha value is -1.82. The zero-order valence-electron chi connectivity index (χ0n) is 11.5. The molecule has 0 saturated carbocycles. The molecular weight excluding hydrogens is 248 g/mol. The maximum absolute atomic E-state index is 11.6. The number of aromatic nitrogens is 1. The van der Waals surface area contributed by atoms with Gasteiger partial charge in [0, 0.05) is 31.3 Å². The highest BCUT2D eigenvalue weighted by Crippen LogP contribution is 2.16. The second kappa shape index (κ2) is 6.38. The van der Waals surface area contributed by atoms with Crippen molar-refractivity contribution in [3.05, 3.63) is 27.7 Å². The smallest absolute Gasteiger partial charge is 0.303 e. The summed E-state index contributed by atoms with van der Waals surface area (Å²) in [5, 5.41) is 18.5. The van der Waals surface area contributed by atoms with E-state index in [4.69, 9.17) is 5.11 Å². The predicted octanol–water partition coefficient (Wildman–Crippen LogP) is 0.789. The average molecular weight is 268 g/mol. The molecular formula is C13H20N2O4. The number of pyridine rings is 1. The average Bonchev–Trinajstić information content (AvgIpc) is 2.28. The van der Waals surface area contributed by atoms with Crippen molar-refractivity contribution in [2.75, 3.05) is 14.1 Å². The summed E-state index contributed by atoms with van der Waals surface area (Å²) in [4.78, 5) is 24.0. The number of nitrogens with zero attached hydrogens (tertiary/aromatic N) is 2. The molecule has 1 aromatic heterocycles. The highest BCUT2D eigenvalue weighted by Gasteiger charge is 2.13. The van der Waals surface area contributed by atoms with E-state index in [0.717, 1.165) is 5.69 Å². The van der Waals surface area contributed by atoms with E-state index in [1.165, 1.54) is 6.07 Å². The first kappa shape index (κ1) is 15.2. The quantitative estimate of drug-likeness (QED) is 0.797. The second-order valence-corrected chi connectivity index (χ2v) is 4.83. The van der Waals surface area contributed by atoms with Gasteiger partial charge in [0.25, 0.3) is 0 Å². The first-order valence-electron chi connectivity index (χ1n) is 6.11. The molecule has 0 radical (unpaired) electrons. The molecule has 0 fully saturated rings. The fourth-order valence-corrected chi connectivity index (χ4v) is 1.98. The number of carbonyl (C=O) groups is 1. The fourth-order valence-electron chi connectivity index (χ4n) is 1.98. The molecule has 1 heterocycles. The maximum atomic E-state index is 11.6. The summed E-state index contributed by atoms with van der Waals surface area (Å²) in [5.41, 5.74) is 0.856. The molecule has 1 rings (SSSR count). The van der Waals surface area contributed by atoms with Crippen LogP contribution in [0.15, 0.2) is 10.9 Å². The molecule has 6 nitrogen and oxygen atoms in total. The Bertz CT molecular complexity index is 520. The molecule has 0 bridgehead atoms. The number of carboxylic acid groups (broad SMARTS) is 1. The zero-order chi connectivity index (χ0) is 14.6. The first-order valence-corrected chi connectivity index (χ1v) is 6.11. The molecule has 0 aliphatic heterocycles. The molecule has 0 aliphatic carbocycles. The summed E-state index contributed by atoms with van der Waals surface area (Å²) in [6.45, 7) is 2.67. The summed E-state index contributed by atoms with van der Waals surface area (Å²) in [7, 11) is 3.68. The summed E-state index contributed by atoms with van der Waals surface area (Å²) < 4.78 is 1.81. The van der Waals surface area contributed by atoms with Gasteiger partial charge in [0.15, 0.2) is 5.75 Å². The molecule has 19 heavy (non-hydrogen) atoms. The molecule has 0 spiro atoms. The van der Waals surface area contributed by atoms with Gasteiger partial charge in [-0.2, -0.15) is 0 Å². The molecule has 0 aromatic carbocycles. The Morgan fingerprint density at radius 1 is 1.42 bits per heavy atom. The van der Waals surface area contributed by atoms with Crippen LogP contribution in [0.25, 0.3) is 0 Å². The fraction of sp³-hybridized carbons (Fsp3) is 0.538. The molecule has 2 N–H and O–H groups in total. The van der Waals surface area contributed by atoms with E-state index in [-0.39, 0.29) is 12.2 Å². The lowest BCUT2D eigenvalue weighted by molar-refractivity contribution is -0.137. The van der Waals surface area contributed by atoms with Gasteiger partial charge < -0.3 is 19.7 Å². The topological polar surface area (TPSA) is 82.8 Å². The number of aromatic hydroxyl groups is 1. The van der Waals surface area contributed by atoms with Gasteiger partial charge in [-0.25, -0.2) is 0 Å². The number of hydrogen-bond acceptors (Lipinski definition) is 4. The van der Waals surface area contributed by atoms with Crippen molar-refractivity contribution in [1.82, 2.24) is 9.47 Å². The van der Waals surface area contributed by atoms with Crippen molar-refractivity contribution in [3.63, 3.8) is 0 Å². The van der Waals surface area contributed by atoms with E-state index in [2.05, 4.69) is 0 Å². The van der Waals surface area contributed by atoms with Crippen LogP contribution in [0.2, 0.25) is 0 Å². The number of hydrogen-bond donors (Lipinski definition) is 2. The minimum Gasteiger partial charge on any atom is -0.503 e. The molecule has 0 unspecified atom stereocenters. The number of rotatable bonds is 6. The lowest BCUT2D eigenvalue weighted by atomic mass is 10.2. The molecule has 0 aliphatic rings. The van der Waals surface area contributed by atoms with E-state index in [0.29, 0.717) is 25.2 Å². The summed E-state index contributed by atoms with van der Waals surface area (Å²) in [6.07, 6.45) is 0.520. The highest BCUT2D eigenvalue weighted by molar-refractivity contribution is 5.66. The minimum absolute atomic E-state index is 0.0632. The van der Waals surface area contributed by atoms with Crippen molar-refractivity contribution < 1.29 is 15.0 Å². The minimum atomic E-state index is -0.850. The zero-order valence-corrected chi connectivity index (χ0v) is 11.5. The Kier molecular flexibility index (Phi) is 5.11. The number of aryl methyl sites for hydroxylation is 1. The Balaban J connectivity index is 3.09. The summed E-state index contributed by atoms with van der Waals surface area (Å²) in [5.74, 6) is -1.10. The predicted molar refractivity (Wildman–Crippen MR) is 71.4 cm³/mol. The van der Waals surface area contributed by atoms with E-state index < -0.39 is 11.4 Å². The van der Waals surface area contributed by atoms with E-state index in [1.54, 1.807) is 11.5 Å². The van der Waals surface area contributed by atoms with Crippen LogP contribution < -0.4 is 5.43 Å². The number of aliphatic carboxylic acids is 1. The highest BCUT2D eigenvalue weighted by atomic mass is 16.4. The molecule has 0 atom stereocenters. The van der Waals surface area contributed by atoms with Crippen LogP contribution >= 0.6 is 0 Å². The van der Waals surface area contributed by atoms with E-state index >= 15 is 0 Å².